The van der Waals surface area contributed by atoms with Crippen molar-refractivity contribution in [2.75, 3.05) is 0 Å². The highest BCUT2D eigenvalue weighted by Crippen LogP contribution is 2.30. The molecule has 0 saturated carbocycles. The molecule has 0 fully saturated rings. The second kappa shape index (κ2) is 9.08. The van der Waals surface area contributed by atoms with Gasteiger partial charge in [-0.25, -0.2) is 0 Å². The van der Waals surface area contributed by atoms with Crippen molar-refractivity contribution in [3.05, 3.63) is 35.9 Å². The zero-order valence-electron chi connectivity index (χ0n) is 14.0. The van der Waals surface area contributed by atoms with E-state index < -0.39 is 23.8 Å². The molecule has 0 aliphatic carbocycles. The molecule has 0 N–H and O–H groups in total. The van der Waals surface area contributed by atoms with Gasteiger partial charge in [0.2, 0.25) is 0 Å². The fourth-order valence-corrected chi connectivity index (χ4v) is 2.30. The maximum atomic E-state index is 12.4. The second-order valence-electron chi connectivity index (χ2n) is 5.87. The van der Waals surface area contributed by atoms with Gasteiger partial charge in [0.15, 0.2) is 5.92 Å². The normalized spacial score (nSPS) is 12.3. The van der Waals surface area contributed by atoms with E-state index in [0.717, 1.165) is 5.56 Å². The van der Waals surface area contributed by atoms with E-state index in [1.165, 1.54) is 0 Å². The molecule has 0 aliphatic heterocycles. The van der Waals surface area contributed by atoms with Crippen LogP contribution >= 0.6 is 0 Å². The molecule has 1 rings (SSSR count). The lowest BCUT2D eigenvalue weighted by atomic mass is 9.83. The van der Waals surface area contributed by atoms with Gasteiger partial charge in [-0.15, -0.1) is 0 Å². The summed E-state index contributed by atoms with van der Waals surface area (Å²) in [6.45, 7) is 6.83. The standard InChI is InChI=1S/C18H24O5/c1-12(2)22-17(20)16(18(21)23-13(3)4)15(10-11-19)14-8-6-5-7-9-14/h5-9,11-13,15-16H,10H2,1-4H3/t15-/m1/s1. The average Bonchev–Trinajstić information content (AvgIpc) is 2.46. The predicted molar refractivity (Wildman–Crippen MR) is 85.8 cm³/mol. The van der Waals surface area contributed by atoms with Crippen LogP contribution in [-0.2, 0) is 23.9 Å². The summed E-state index contributed by atoms with van der Waals surface area (Å²) in [5, 5.41) is 0. The number of ether oxygens (including phenoxy) is 2. The van der Waals surface area contributed by atoms with Gasteiger partial charge in [0.25, 0.3) is 0 Å². The lowest BCUT2D eigenvalue weighted by Crippen LogP contribution is -2.36. The van der Waals surface area contributed by atoms with Crippen molar-refractivity contribution in [1.82, 2.24) is 0 Å². The molecular weight excluding hydrogens is 296 g/mol. The number of carbonyl (C=O) groups is 3. The Morgan fingerprint density at radius 1 is 0.957 bits per heavy atom. The van der Waals surface area contributed by atoms with Gasteiger partial charge >= 0.3 is 11.9 Å². The predicted octanol–water partition coefficient (Wildman–Crippen LogP) is 2.88. The molecule has 0 saturated heterocycles. The summed E-state index contributed by atoms with van der Waals surface area (Å²) >= 11 is 0. The largest absolute Gasteiger partial charge is 0.462 e. The number of hydrogen-bond donors (Lipinski definition) is 0. The zero-order valence-corrected chi connectivity index (χ0v) is 14.0. The number of carbonyl (C=O) groups excluding carboxylic acids is 3. The van der Waals surface area contributed by atoms with E-state index in [-0.39, 0.29) is 18.6 Å². The van der Waals surface area contributed by atoms with Crippen LogP contribution in [0.3, 0.4) is 0 Å². The van der Waals surface area contributed by atoms with E-state index in [1.807, 2.05) is 6.07 Å². The van der Waals surface area contributed by atoms with Gasteiger partial charge in [0.1, 0.15) is 6.29 Å². The fraction of sp³-hybridized carbons (Fsp3) is 0.500. The second-order valence-corrected chi connectivity index (χ2v) is 5.87. The first-order valence-corrected chi connectivity index (χ1v) is 7.76. The van der Waals surface area contributed by atoms with Crippen LogP contribution in [-0.4, -0.2) is 30.4 Å². The summed E-state index contributed by atoms with van der Waals surface area (Å²) in [6, 6.07) is 8.99. The molecule has 0 bridgehead atoms. The van der Waals surface area contributed by atoms with Crippen LogP contribution in [0.15, 0.2) is 30.3 Å². The van der Waals surface area contributed by atoms with Crippen LogP contribution in [0.4, 0.5) is 0 Å². The van der Waals surface area contributed by atoms with Gasteiger partial charge in [-0.2, -0.15) is 0 Å². The van der Waals surface area contributed by atoms with Gasteiger partial charge < -0.3 is 14.3 Å². The first kappa shape index (κ1) is 18.9. The van der Waals surface area contributed by atoms with Crippen LogP contribution in [0.1, 0.15) is 45.6 Å². The smallest absolute Gasteiger partial charge is 0.321 e. The zero-order chi connectivity index (χ0) is 17.4. The molecule has 0 radical (unpaired) electrons. The molecule has 1 atom stereocenters. The van der Waals surface area contributed by atoms with Crippen molar-refractivity contribution in [3.63, 3.8) is 0 Å². The Hall–Kier alpha value is -2.17. The van der Waals surface area contributed by atoms with E-state index in [1.54, 1.807) is 52.0 Å². The van der Waals surface area contributed by atoms with Gasteiger partial charge in [0.05, 0.1) is 12.2 Å². The third kappa shape index (κ3) is 5.85. The summed E-state index contributed by atoms with van der Waals surface area (Å²) in [7, 11) is 0. The van der Waals surface area contributed by atoms with Crippen molar-refractivity contribution >= 4 is 18.2 Å². The molecule has 0 heterocycles. The van der Waals surface area contributed by atoms with Crippen LogP contribution in [0, 0.1) is 5.92 Å². The summed E-state index contributed by atoms with van der Waals surface area (Å²) in [6.07, 6.45) is 0.0272. The van der Waals surface area contributed by atoms with Crippen molar-refractivity contribution < 1.29 is 23.9 Å². The highest BCUT2D eigenvalue weighted by molar-refractivity contribution is 5.96. The Kier molecular flexibility index (Phi) is 7.45. The molecular formula is C18H24O5. The third-order valence-corrected chi connectivity index (χ3v) is 3.19. The third-order valence-electron chi connectivity index (χ3n) is 3.19. The Morgan fingerprint density at radius 2 is 1.43 bits per heavy atom. The van der Waals surface area contributed by atoms with Gasteiger partial charge in [-0.1, -0.05) is 30.3 Å². The Balaban J connectivity index is 3.18. The van der Waals surface area contributed by atoms with Gasteiger partial charge in [-0.05, 0) is 33.3 Å². The topological polar surface area (TPSA) is 69.7 Å². The summed E-state index contributed by atoms with van der Waals surface area (Å²) in [4.78, 5) is 35.9. The minimum absolute atomic E-state index is 0.0368. The molecule has 5 nitrogen and oxygen atoms in total. The van der Waals surface area contributed by atoms with Crippen LogP contribution in [0.2, 0.25) is 0 Å². The quantitative estimate of drug-likeness (QED) is 0.418. The molecule has 126 valence electrons. The van der Waals surface area contributed by atoms with E-state index in [4.69, 9.17) is 9.47 Å². The van der Waals surface area contributed by atoms with Crippen LogP contribution in [0.5, 0.6) is 0 Å². The van der Waals surface area contributed by atoms with Crippen molar-refractivity contribution in [3.8, 4) is 0 Å². The first-order chi connectivity index (χ1) is 10.9. The molecule has 1 aromatic carbocycles. The molecule has 0 amide bonds. The number of benzene rings is 1. The van der Waals surface area contributed by atoms with Crippen molar-refractivity contribution in [2.24, 2.45) is 5.92 Å². The first-order valence-electron chi connectivity index (χ1n) is 7.76. The monoisotopic (exact) mass is 320 g/mol. The fourth-order valence-electron chi connectivity index (χ4n) is 2.30. The highest BCUT2D eigenvalue weighted by Gasteiger charge is 2.39. The number of aldehydes is 1. The van der Waals surface area contributed by atoms with Gasteiger partial charge in [0, 0.05) is 12.3 Å². The summed E-state index contributed by atoms with van der Waals surface area (Å²) in [5.41, 5.74) is 0.728. The van der Waals surface area contributed by atoms with Crippen LogP contribution in [0.25, 0.3) is 0 Å². The Morgan fingerprint density at radius 3 is 1.83 bits per heavy atom. The van der Waals surface area contributed by atoms with E-state index in [2.05, 4.69) is 0 Å². The van der Waals surface area contributed by atoms with E-state index >= 15 is 0 Å². The SMILES string of the molecule is CC(C)OC(=O)C(C(=O)OC(C)C)[C@H](CC=O)c1ccccc1. The number of rotatable bonds is 8. The maximum absolute atomic E-state index is 12.4. The minimum atomic E-state index is -1.16. The molecule has 0 aromatic heterocycles. The average molecular weight is 320 g/mol. The molecule has 0 unspecified atom stereocenters. The molecule has 5 heteroatoms. The van der Waals surface area contributed by atoms with E-state index in [9.17, 15) is 14.4 Å². The Bertz CT molecular complexity index is 499. The van der Waals surface area contributed by atoms with Crippen molar-refractivity contribution in [2.45, 2.75) is 52.2 Å². The Labute approximate surface area is 137 Å². The lowest BCUT2D eigenvalue weighted by molar-refractivity contribution is -0.167. The molecule has 0 aliphatic rings. The maximum Gasteiger partial charge on any atom is 0.321 e. The molecule has 0 spiro atoms. The number of esters is 2. The summed E-state index contributed by atoms with van der Waals surface area (Å²) in [5.74, 6) is -3.10. The summed E-state index contributed by atoms with van der Waals surface area (Å²) < 4.78 is 10.4. The number of hydrogen-bond acceptors (Lipinski definition) is 5. The van der Waals surface area contributed by atoms with Crippen LogP contribution < -0.4 is 0 Å². The minimum Gasteiger partial charge on any atom is -0.462 e. The molecule has 1 aromatic rings. The van der Waals surface area contributed by atoms with Gasteiger partial charge in [-0.3, -0.25) is 9.59 Å². The van der Waals surface area contributed by atoms with E-state index in [0.29, 0.717) is 6.29 Å². The van der Waals surface area contributed by atoms with Crippen molar-refractivity contribution in [1.29, 1.82) is 0 Å². The lowest BCUT2D eigenvalue weighted by Gasteiger charge is -2.25. The molecule has 23 heavy (non-hydrogen) atoms. The highest BCUT2D eigenvalue weighted by atomic mass is 16.6.